The second kappa shape index (κ2) is 11.2. The van der Waals surface area contributed by atoms with Gasteiger partial charge in [-0.2, -0.15) is 4.31 Å². The van der Waals surface area contributed by atoms with Crippen LogP contribution in [0.15, 0.2) is 38.6 Å². The zero-order valence-electron chi connectivity index (χ0n) is 22.1. The van der Waals surface area contributed by atoms with E-state index in [9.17, 15) is 21.9 Å². The van der Waals surface area contributed by atoms with Crippen molar-refractivity contribution in [1.82, 2.24) is 19.1 Å². The van der Waals surface area contributed by atoms with E-state index in [1.807, 2.05) is 0 Å². The van der Waals surface area contributed by atoms with Crippen LogP contribution in [0.2, 0.25) is 0 Å². The minimum atomic E-state index is -3.68. The number of nitrogens with zero attached hydrogens (tertiary/aromatic N) is 3. The van der Waals surface area contributed by atoms with Crippen LogP contribution in [0.25, 0.3) is 0 Å². The SMILES string of the molecule is Cc1noc(C)c1S(=O)(=O)N1CCC2(CC1)CC(NCC(O)COc1cccc(S(=O)(=O)N(C)C)c1)CO2. The highest BCUT2D eigenvalue weighted by Gasteiger charge is 2.45. The van der Waals surface area contributed by atoms with Crippen molar-refractivity contribution >= 4 is 20.0 Å². The molecule has 2 unspecified atom stereocenters. The topological polar surface area (TPSA) is 152 Å². The average molecular weight is 573 g/mol. The summed E-state index contributed by atoms with van der Waals surface area (Å²) in [5.74, 6) is 0.645. The van der Waals surface area contributed by atoms with E-state index < -0.39 is 31.8 Å². The van der Waals surface area contributed by atoms with E-state index in [-0.39, 0.29) is 34.7 Å². The number of aliphatic hydroxyl groups excluding tert-OH is 1. The molecule has 12 nitrogen and oxygen atoms in total. The Balaban J connectivity index is 1.24. The number of hydrogen-bond acceptors (Lipinski definition) is 10. The van der Waals surface area contributed by atoms with Gasteiger partial charge in [-0.25, -0.2) is 21.1 Å². The Labute approximate surface area is 224 Å². The summed E-state index contributed by atoms with van der Waals surface area (Å²) in [5, 5.41) is 17.5. The fourth-order valence-electron chi connectivity index (χ4n) is 4.92. The molecule has 14 heteroatoms. The van der Waals surface area contributed by atoms with Gasteiger partial charge in [0.1, 0.15) is 29.0 Å². The van der Waals surface area contributed by atoms with Gasteiger partial charge in [-0.1, -0.05) is 11.2 Å². The van der Waals surface area contributed by atoms with Crippen molar-refractivity contribution in [3.05, 3.63) is 35.7 Å². The van der Waals surface area contributed by atoms with Gasteiger partial charge in [-0.05, 0) is 45.2 Å². The highest BCUT2D eigenvalue weighted by atomic mass is 32.2. The Morgan fingerprint density at radius 2 is 1.95 bits per heavy atom. The van der Waals surface area contributed by atoms with Gasteiger partial charge in [0.25, 0.3) is 0 Å². The van der Waals surface area contributed by atoms with Crippen molar-refractivity contribution in [2.45, 2.75) is 60.6 Å². The molecular weight excluding hydrogens is 536 g/mol. The van der Waals surface area contributed by atoms with Gasteiger partial charge in [-0.15, -0.1) is 0 Å². The molecule has 1 aromatic carbocycles. The maximum absolute atomic E-state index is 13.1. The van der Waals surface area contributed by atoms with Crippen molar-refractivity contribution in [3.63, 3.8) is 0 Å². The van der Waals surface area contributed by atoms with E-state index in [0.717, 1.165) is 4.31 Å². The van der Waals surface area contributed by atoms with Crippen LogP contribution in [0.3, 0.4) is 0 Å². The summed E-state index contributed by atoms with van der Waals surface area (Å²) in [7, 11) is -4.34. The molecule has 0 aliphatic carbocycles. The summed E-state index contributed by atoms with van der Waals surface area (Å²) in [5.41, 5.74) is -0.0413. The minimum Gasteiger partial charge on any atom is -0.491 e. The average Bonchev–Trinajstić information content (AvgIpc) is 3.44. The zero-order chi connectivity index (χ0) is 27.7. The third-order valence-corrected chi connectivity index (χ3v) is 11.0. The van der Waals surface area contributed by atoms with Crippen molar-refractivity contribution in [1.29, 1.82) is 0 Å². The summed E-state index contributed by atoms with van der Waals surface area (Å²) in [6, 6.07) is 6.18. The Hall–Kier alpha value is -2.07. The minimum absolute atomic E-state index is 0.00823. The molecule has 2 saturated heterocycles. The molecule has 2 aromatic rings. The summed E-state index contributed by atoms with van der Waals surface area (Å²) >= 11 is 0. The smallest absolute Gasteiger partial charge is 0.248 e. The number of piperidine rings is 1. The lowest BCUT2D eigenvalue weighted by Crippen LogP contribution is -2.47. The Morgan fingerprint density at radius 3 is 2.58 bits per heavy atom. The molecule has 2 N–H and O–H groups in total. The van der Waals surface area contributed by atoms with Crippen molar-refractivity contribution in [3.8, 4) is 5.75 Å². The standard InChI is InChI=1S/C24H36N4O8S2/c1-17-23(18(2)36-26-17)38(32,33)28-10-8-24(9-11-28)13-19(15-35-24)25-14-20(29)16-34-21-6-5-7-22(12-21)37(30,31)27(3)4/h5-7,12,19-20,25,29H,8-11,13-16H2,1-4H3. The zero-order valence-corrected chi connectivity index (χ0v) is 23.7. The quantitative estimate of drug-likeness (QED) is 0.420. The highest BCUT2D eigenvalue weighted by Crippen LogP contribution is 2.38. The fourth-order valence-corrected chi connectivity index (χ4v) is 7.59. The Morgan fingerprint density at radius 1 is 1.24 bits per heavy atom. The molecule has 0 saturated carbocycles. The third-order valence-electron chi connectivity index (χ3n) is 7.08. The van der Waals surface area contributed by atoms with Crippen LogP contribution in [-0.4, -0.2) is 100 Å². The largest absolute Gasteiger partial charge is 0.491 e. The summed E-state index contributed by atoms with van der Waals surface area (Å²) < 4.78 is 70.2. The maximum atomic E-state index is 13.1. The predicted molar refractivity (Wildman–Crippen MR) is 138 cm³/mol. The van der Waals surface area contributed by atoms with Crippen LogP contribution < -0.4 is 10.1 Å². The van der Waals surface area contributed by atoms with E-state index in [1.54, 1.807) is 26.0 Å². The fraction of sp³-hybridized carbons (Fsp3) is 0.625. The van der Waals surface area contributed by atoms with Crippen LogP contribution in [0.5, 0.6) is 5.75 Å². The molecule has 0 radical (unpaired) electrons. The molecule has 4 rings (SSSR count). The van der Waals surface area contributed by atoms with Crippen LogP contribution in [-0.2, 0) is 24.8 Å². The van der Waals surface area contributed by atoms with Crippen molar-refractivity contribution in [2.75, 3.05) is 46.9 Å². The van der Waals surface area contributed by atoms with Gasteiger partial charge in [0.2, 0.25) is 20.0 Å². The highest BCUT2D eigenvalue weighted by molar-refractivity contribution is 7.89. The Bertz CT molecular complexity index is 1320. The molecule has 212 valence electrons. The lowest BCUT2D eigenvalue weighted by molar-refractivity contribution is -0.0312. The lowest BCUT2D eigenvalue weighted by Gasteiger charge is -2.37. The first-order chi connectivity index (χ1) is 17.8. The van der Waals surface area contributed by atoms with Gasteiger partial charge in [-0.3, -0.25) is 0 Å². The van der Waals surface area contributed by atoms with Gasteiger partial charge in [0.05, 0.1) is 17.1 Å². The second-order valence-electron chi connectivity index (χ2n) is 10.1. The van der Waals surface area contributed by atoms with Crippen LogP contribution in [0.1, 0.15) is 30.7 Å². The molecule has 0 bridgehead atoms. The number of aryl methyl sites for hydroxylation is 2. The predicted octanol–water partition coefficient (Wildman–Crippen LogP) is 0.883. The van der Waals surface area contributed by atoms with E-state index in [0.29, 0.717) is 50.4 Å². The number of aromatic nitrogens is 1. The van der Waals surface area contributed by atoms with Crippen LogP contribution in [0, 0.1) is 13.8 Å². The molecular formula is C24H36N4O8S2. The first-order valence-corrected chi connectivity index (χ1v) is 15.4. The monoisotopic (exact) mass is 572 g/mol. The normalized spacial score (nSPS) is 21.3. The van der Waals surface area contributed by atoms with Gasteiger partial charge < -0.3 is 24.4 Å². The van der Waals surface area contributed by atoms with Crippen LogP contribution in [0.4, 0.5) is 0 Å². The van der Waals surface area contributed by atoms with E-state index in [2.05, 4.69) is 10.5 Å². The summed E-state index contributed by atoms with van der Waals surface area (Å²) in [6.45, 7) is 4.64. The lowest BCUT2D eigenvalue weighted by atomic mass is 9.88. The van der Waals surface area contributed by atoms with E-state index in [1.165, 1.54) is 30.5 Å². The number of ether oxygens (including phenoxy) is 2. The molecule has 1 spiro atoms. The number of hydrogen-bond donors (Lipinski definition) is 2. The second-order valence-corrected chi connectivity index (χ2v) is 14.1. The molecule has 2 fully saturated rings. The van der Waals surface area contributed by atoms with Gasteiger partial charge >= 0.3 is 0 Å². The maximum Gasteiger partial charge on any atom is 0.248 e. The molecule has 3 heterocycles. The summed E-state index contributed by atoms with van der Waals surface area (Å²) in [4.78, 5) is 0.258. The first-order valence-electron chi connectivity index (χ1n) is 12.5. The molecule has 1 aromatic heterocycles. The third kappa shape index (κ3) is 6.06. The molecule has 0 amide bonds. The number of rotatable bonds is 10. The van der Waals surface area contributed by atoms with Gasteiger partial charge in [0, 0.05) is 45.8 Å². The molecule has 2 aliphatic rings. The van der Waals surface area contributed by atoms with E-state index in [4.69, 9.17) is 14.0 Å². The van der Waals surface area contributed by atoms with Crippen molar-refractivity contribution < 1.29 is 35.9 Å². The summed E-state index contributed by atoms with van der Waals surface area (Å²) in [6.07, 6.45) is 1.05. The number of nitrogens with one attached hydrogen (secondary N) is 1. The first kappa shape index (κ1) is 28.9. The number of benzene rings is 1. The van der Waals surface area contributed by atoms with Gasteiger partial charge in [0.15, 0.2) is 5.76 Å². The van der Waals surface area contributed by atoms with Crippen LogP contribution >= 0.6 is 0 Å². The van der Waals surface area contributed by atoms with E-state index >= 15 is 0 Å². The molecule has 2 aliphatic heterocycles. The number of aliphatic hydroxyl groups is 1. The Kier molecular flexibility index (Phi) is 8.52. The molecule has 2 atom stereocenters. The molecule has 38 heavy (non-hydrogen) atoms. The van der Waals surface area contributed by atoms with Crippen molar-refractivity contribution in [2.24, 2.45) is 0 Å². The number of sulfonamides is 2.